The van der Waals surface area contributed by atoms with Crippen molar-refractivity contribution in [1.29, 1.82) is 0 Å². The van der Waals surface area contributed by atoms with E-state index in [9.17, 15) is 14.4 Å². The molecule has 1 saturated carbocycles. The van der Waals surface area contributed by atoms with Crippen molar-refractivity contribution >= 4 is 17.9 Å². The fourth-order valence-corrected chi connectivity index (χ4v) is 3.94. The quantitative estimate of drug-likeness (QED) is 0.103. The molecule has 2 unspecified atom stereocenters. The minimum absolute atomic E-state index is 0.00443. The van der Waals surface area contributed by atoms with Crippen LogP contribution in [0, 0.1) is 11.8 Å². The maximum absolute atomic E-state index is 12.7. The third-order valence-electron chi connectivity index (χ3n) is 6.12. The van der Waals surface area contributed by atoms with Gasteiger partial charge >= 0.3 is 17.9 Å². The lowest BCUT2D eigenvalue weighted by atomic mass is 10.1. The predicted octanol–water partition coefficient (Wildman–Crippen LogP) is 5.57. The molecule has 0 bridgehead atoms. The molecule has 39 heavy (non-hydrogen) atoms. The van der Waals surface area contributed by atoms with Gasteiger partial charge in [0.25, 0.3) is 0 Å². The average Bonchev–Trinajstić information content (AvgIpc) is 3.77. The Morgan fingerprint density at radius 2 is 1.26 bits per heavy atom. The highest BCUT2D eigenvalue weighted by atomic mass is 16.5. The molecule has 2 aromatic carbocycles. The van der Waals surface area contributed by atoms with Crippen LogP contribution >= 0.6 is 0 Å². The maximum Gasteiger partial charge on any atom is 0.343 e. The highest BCUT2D eigenvalue weighted by Gasteiger charge is 2.48. The van der Waals surface area contributed by atoms with Gasteiger partial charge < -0.3 is 23.7 Å². The van der Waals surface area contributed by atoms with Crippen LogP contribution in [0.4, 0.5) is 0 Å². The Kier molecular flexibility index (Phi) is 9.34. The highest BCUT2D eigenvalue weighted by molar-refractivity contribution is 5.91. The Balaban J connectivity index is 1.23. The van der Waals surface area contributed by atoms with Gasteiger partial charge in [0.1, 0.15) is 29.6 Å². The highest BCUT2D eigenvalue weighted by Crippen LogP contribution is 2.52. The van der Waals surface area contributed by atoms with E-state index in [1.807, 2.05) is 0 Å². The van der Waals surface area contributed by atoms with E-state index in [-0.39, 0.29) is 11.8 Å². The van der Waals surface area contributed by atoms with Crippen molar-refractivity contribution in [3.8, 4) is 11.5 Å². The Hall–Kier alpha value is -4.59. The minimum Gasteiger partial charge on any atom is -0.494 e. The molecule has 0 spiro atoms. The van der Waals surface area contributed by atoms with E-state index >= 15 is 0 Å². The number of hydrogen-bond acceptors (Lipinski definition) is 8. The van der Waals surface area contributed by atoms with E-state index in [1.165, 1.54) is 0 Å². The van der Waals surface area contributed by atoms with Crippen LogP contribution in [0.25, 0.3) is 0 Å². The molecule has 0 aromatic heterocycles. The van der Waals surface area contributed by atoms with Crippen LogP contribution in [0.5, 0.6) is 11.5 Å². The van der Waals surface area contributed by atoms with Crippen molar-refractivity contribution in [3.05, 3.63) is 109 Å². The third kappa shape index (κ3) is 7.70. The number of carbonyl (C=O) groups excluding carboxylic acids is 3. The number of fused-ring (bicyclic) bond motifs is 1. The lowest BCUT2D eigenvalue weighted by Gasteiger charge is -2.15. The molecule has 0 aliphatic heterocycles. The molecule has 0 N–H and O–H groups in total. The normalized spacial score (nSPS) is 16.9. The summed E-state index contributed by atoms with van der Waals surface area (Å²) in [4.78, 5) is 36.2. The van der Waals surface area contributed by atoms with Crippen LogP contribution in [-0.2, 0) is 19.0 Å². The fourth-order valence-electron chi connectivity index (χ4n) is 3.94. The number of hydrogen-bond donors (Lipinski definition) is 0. The molecule has 0 radical (unpaired) electrons. The first-order chi connectivity index (χ1) is 19.0. The summed E-state index contributed by atoms with van der Waals surface area (Å²) < 4.78 is 27.3. The van der Waals surface area contributed by atoms with E-state index in [0.29, 0.717) is 66.8 Å². The van der Waals surface area contributed by atoms with Gasteiger partial charge in [-0.25, -0.2) is 14.4 Å². The molecule has 4 rings (SSSR count). The monoisotopic (exact) mass is 530 g/mol. The van der Waals surface area contributed by atoms with E-state index in [2.05, 4.69) is 13.2 Å². The summed E-state index contributed by atoms with van der Waals surface area (Å²) in [6, 6.07) is 13.4. The van der Waals surface area contributed by atoms with Crippen LogP contribution in [0.3, 0.4) is 0 Å². The first-order valence-corrected chi connectivity index (χ1v) is 12.7. The summed E-state index contributed by atoms with van der Waals surface area (Å²) in [5, 5.41) is 0. The molecule has 2 aliphatic carbocycles. The standard InChI is InChI=1S/C31H30O8/c1-3-17-35-23-11-7-21(8-12-23)30(33)38-27-15-16-28(26-20-25(26)27)39-31(34)22-9-13-24(14-10-22)36-18-5-6-19-37-29(32)4-2/h3-4,7-16,25-26H,1-2,5-6,17-20H2. The molecular weight excluding hydrogens is 500 g/mol. The van der Waals surface area contributed by atoms with Crippen LogP contribution in [0.2, 0.25) is 0 Å². The largest absolute Gasteiger partial charge is 0.494 e. The van der Waals surface area contributed by atoms with Crippen LogP contribution in [0.1, 0.15) is 40.0 Å². The average molecular weight is 531 g/mol. The number of rotatable bonds is 14. The topological polar surface area (TPSA) is 97.4 Å². The van der Waals surface area contributed by atoms with E-state index in [1.54, 1.807) is 66.8 Å². The lowest BCUT2D eigenvalue weighted by Crippen LogP contribution is -2.12. The summed E-state index contributed by atoms with van der Waals surface area (Å²) in [5.74, 6) is 1.06. The molecule has 1 fully saturated rings. The zero-order chi connectivity index (χ0) is 27.6. The number of ether oxygens (including phenoxy) is 5. The summed E-state index contributed by atoms with van der Waals surface area (Å²) >= 11 is 0. The molecule has 0 heterocycles. The Morgan fingerprint density at radius 1 is 0.744 bits per heavy atom. The van der Waals surface area contributed by atoms with Crippen LogP contribution in [-0.4, -0.2) is 37.7 Å². The van der Waals surface area contributed by atoms with E-state index in [4.69, 9.17) is 23.7 Å². The van der Waals surface area contributed by atoms with Gasteiger partial charge in [0.15, 0.2) is 0 Å². The molecular formula is C31H30O8. The first kappa shape index (κ1) is 27.4. The second-order valence-corrected chi connectivity index (χ2v) is 8.94. The van der Waals surface area contributed by atoms with Crippen molar-refractivity contribution in [1.82, 2.24) is 0 Å². The third-order valence-corrected chi connectivity index (χ3v) is 6.12. The first-order valence-electron chi connectivity index (χ1n) is 12.7. The summed E-state index contributed by atoms with van der Waals surface area (Å²) in [5.41, 5.74) is 0.820. The fraction of sp³-hybridized carbons (Fsp3) is 0.258. The summed E-state index contributed by atoms with van der Waals surface area (Å²) in [7, 11) is 0. The molecule has 2 aromatic rings. The van der Waals surface area contributed by atoms with Crippen molar-refractivity contribution in [2.24, 2.45) is 11.8 Å². The maximum atomic E-state index is 12.7. The second kappa shape index (κ2) is 13.3. The number of allylic oxidation sites excluding steroid dienone is 4. The van der Waals surface area contributed by atoms with Crippen molar-refractivity contribution in [2.45, 2.75) is 19.3 Å². The predicted molar refractivity (Wildman–Crippen MR) is 143 cm³/mol. The van der Waals surface area contributed by atoms with Gasteiger partial charge in [-0.3, -0.25) is 0 Å². The molecule has 2 atom stereocenters. The van der Waals surface area contributed by atoms with Crippen LogP contribution < -0.4 is 9.47 Å². The second-order valence-electron chi connectivity index (χ2n) is 8.94. The van der Waals surface area contributed by atoms with Gasteiger partial charge in [-0.05, 0) is 79.9 Å². The Labute approximate surface area is 227 Å². The minimum atomic E-state index is -0.463. The van der Waals surface area contributed by atoms with Gasteiger partial charge in [0, 0.05) is 17.9 Å². The summed E-state index contributed by atoms with van der Waals surface area (Å²) in [6.45, 7) is 8.11. The molecule has 8 heteroatoms. The number of benzene rings is 2. The molecule has 2 aliphatic rings. The smallest absolute Gasteiger partial charge is 0.343 e. The van der Waals surface area contributed by atoms with Gasteiger partial charge in [-0.1, -0.05) is 19.2 Å². The Bertz CT molecular complexity index is 1270. The van der Waals surface area contributed by atoms with E-state index < -0.39 is 17.9 Å². The number of carbonyl (C=O) groups is 3. The Morgan fingerprint density at radius 3 is 1.77 bits per heavy atom. The van der Waals surface area contributed by atoms with Gasteiger partial charge in [-0.2, -0.15) is 0 Å². The van der Waals surface area contributed by atoms with Crippen molar-refractivity contribution < 1.29 is 38.1 Å². The SMILES string of the molecule is C=CCOc1ccc(C(=O)OC2=CC=C(OC(=O)c3ccc(OCCCCOC(=O)C=C)cc3)C3CC23)cc1. The van der Waals surface area contributed by atoms with Gasteiger partial charge in [0.2, 0.25) is 0 Å². The van der Waals surface area contributed by atoms with Crippen molar-refractivity contribution in [2.75, 3.05) is 19.8 Å². The van der Waals surface area contributed by atoms with E-state index in [0.717, 1.165) is 12.5 Å². The summed E-state index contributed by atoms with van der Waals surface area (Å²) in [6.07, 6.45) is 8.28. The zero-order valence-corrected chi connectivity index (χ0v) is 21.5. The van der Waals surface area contributed by atoms with Gasteiger partial charge in [0.05, 0.1) is 24.3 Å². The molecule has 202 valence electrons. The molecule has 0 amide bonds. The van der Waals surface area contributed by atoms with Crippen LogP contribution in [0.15, 0.2) is 97.5 Å². The lowest BCUT2D eigenvalue weighted by molar-refractivity contribution is -0.137. The van der Waals surface area contributed by atoms with Gasteiger partial charge in [-0.15, -0.1) is 0 Å². The molecule has 0 saturated heterocycles. The number of unbranched alkanes of at least 4 members (excludes halogenated alkanes) is 1. The zero-order valence-electron chi connectivity index (χ0n) is 21.5. The number of esters is 3. The molecule has 8 nitrogen and oxygen atoms in total. The van der Waals surface area contributed by atoms with Crippen molar-refractivity contribution in [3.63, 3.8) is 0 Å².